The first-order valence-corrected chi connectivity index (χ1v) is 11.3. The summed E-state index contributed by atoms with van der Waals surface area (Å²) in [4.78, 5) is 4.56. The highest BCUT2D eigenvalue weighted by Gasteiger charge is 2.14. The fourth-order valence-corrected chi connectivity index (χ4v) is 3.78. The lowest BCUT2D eigenvalue weighted by Gasteiger charge is -2.16. The Morgan fingerprint density at radius 2 is 1.88 bits per heavy atom. The van der Waals surface area contributed by atoms with E-state index < -0.39 is 5.60 Å². The predicted octanol–water partition coefficient (Wildman–Crippen LogP) is 3.70. The monoisotopic (exact) mass is 461 g/mol. The van der Waals surface area contributed by atoms with Crippen LogP contribution in [0, 0.1) is 0 Å². The first kappa shape index (κ1) is 23.7. The molecule has 0 aliphatic rings. The van der Waals surface area contributed by atoms with Crippen LogP contribution in [0.1, 0.15) is 19.4 Å². The standard InChI is InChI=1S/C26H31N5O3/c1-26(2,33)17-31-16-22(15-29-31)19-5-6-20-14-28-25(12-21(20)11-19)30-23-7-4-18(10-24(23)34-3)13-27-8-9-32/h4-7,10-12,14-16,27,32-33H,8-9,13,17H2,1-3H3,(H,28,30). The molecule has 0 fully saturated rings. The molecule has 0 amide bonds. The average molecular weight is 462 g/mol. The quantitative estimate of drug-likeness (QED) is 0.267. The van der Waals surface area contributed by atoms with Crippen molar-refractivity contribution in [2.75, 3.05) is 25.6 Å². The molecule has 0 radical (unpaired) electrons. The SMILES string of the molecule is COc1cc(CNCCO)ccc1Nc1cc2cc(-c3cnn(CC(C)(C)O)c3)ccc2cn1. The maximum Gasteiger partial charge on any atom is 0.142 e. The zero-order valence-electron chi connectivity index (χ0n) is 19.7. The van der Waals surface area contributed by atoms with Gasteiger partial charge in [0.25, 0.3) is 0 Å². The van der Waals surface area contributed by atoms with Gasteiger partial charge in [-0.15, -0.1) is 0 Å². The third-order valence-electron chi connectivity index (χ3n) is 5.38. The normalized spacial score (nSPS) is 11.7. The van der Waals surface area contributed by atoms with Crippen LogP contribution in [0.4, 0.5) is 11.5 Å². The Balaban J connectivity index is 1.55. The lowest BCUT2D eigenvalue weighted by atomic mass is 10.0. The van der Waals surface area contributed by atoms with Crippen LogP contribution in [-0.2, 0) is 13.1 Å². The van der Waals surface area contributed by atoms with Crippen LogP contribution in [0.3, 0.4) is 0 Å². The summed E-state index contributed by atoms with van der Waals surface area (Å²) in [7, 11) is 1.64. The van der Waals surface area contributed by atoms with Gasteiger partial charge < -0.3 is 25.6 Å². The van der Waals surface area contributed by atoms with E-state index in [4.69, 9.17) is 9.84 Å². The summed E-state index contributed by atoms with van der Waals surface area (Å²) < 4.78 is 7.33. The lowest BCUT2D eigenvalue weighted by molar-refractivity contribution is 0.0577. The van der Waals surface area contributed by atoms with Gasteiger partial charge in [-0.25, -0.2) is 4.98 Å². The van der Waals surface area contributed by atoms with Gasteiger partial charge >= 0.3 is 0 Å². The van der Waals surface area contributed by atoms with Crippen LogP contribution in [-0.4, -0.2) is 50.8 Å². The number of nitrogens with one attached hydrogen (secondary N) is 2. The van der Waals surface area contributed by atoms with E-state index in [1.54, 1.807) is 25.6 Å². The molecule has 2 heterocycles. The summed E-state index contributed by atoms with van der Waals surface area (Å²) in [6.45, 7) is 5.27. The minimum atomic E-state index is -0.825. The number of aliphatic hydroxyl groups is 2. The van der Waals surface area contributed by atoms with Gasteiger partial charge in [0.15, 0.2) is 0 Å². The molecule has 0 aliphatic heterocycles. The van der Waals surface area contributed by atoms with E-state index in [1.165, 1.54) is 0 Å². The molecule has 8 nitrogen and oxygen atoms in total. The van der Waals surface area contributed by atoms with Crippen LogP contribution in [0.15, 0.2) is 61.1 Å². The smallest absolute Gasteiger partial charge is 0.142 e. The summed E-state index contributed by atoms with van der Waals surface area (Å²) in [5.74, 6) is 1.44. The topological polar surface area (TPSA) is 104 Å². The number of aromatic nitrogens is 3. The van der Waals surface area contributed by atoms with Crippen LogP contribution in [0.5, 0.6) is 5.75 Å². The summed E-state index contributed by atoms with van der Waals surface area (Å²) in [6.07, 6.45) is 5.61. The van der Waals surface area contributed by atoms with E-state index in [0.717, 1.165) is 38.9 Å². The van der Waals surface area contributed by atoms with E-state index >= 15 is 0 Å². The Morgan fingerprint density at radius 1 is 1.03 bits per heavy atom. The summed E-state index contributed by atoms with van der Waals surface area (Å²) in [5, 5.41) is 32.0. The second-order valence-electron chi connectivity index (χ2n) is 8.93. The number of fused-ring (bicyclic) bond motifs is 1. The van der Waals surface area contributed by atoms with Crippen LogP contribution < -0.4 is 15.4 Å². The van der Waals surface area contributed by atoms with Gasteiger partial charge in [-0.05, 0) is 54.6 Å². The third-order valence-corrected chi connectivity index (χ3v) is 5.38. The molecule has 8 heteroatoms. The van der Waals surface area contributed by atoms with Crippen molar-refractivity contribution in [3.8, 4) is 16.9 Å². The first-order valence-electron chi connectivity index (χ1n) is 11.3. The summed E-state index contributed by atoms with van der Waals surface area (Å²) >= 11 is 0. The molecule has 4 rings (SSSR count). The molecule has 0 spiro atoms. The average Bonchev–Trinajstić information content (AvgIpc) is 3.26. The Hall–Kier alpha value is -3.46. The third kappa shape index (κ3) is 5.91. The lowest BCUT2D eigenvalue weighted by Crippen LogP contribution is -2.26. The van der Waals surface area contributed by atoms with Gasteiger partial charge in [-0.3, -0.25) is 4.68 Å². The van der Waals surface area contributed by atoms with E-state index in [2.05, 4.69) is 32.8 Å². The fraction of sp³-hybridized carbons (Fsp3) is 0.308. The van der Waals surface area contributed by atoms with Gasteiger partial charge in [0.1, 0.15) is 11.6 Å². The largest absolute Gasteiger partial charge is 0.495 e. The molecule has 0 aliphatic carbocycles. The maximum atomic E-state index is 10.0. The molecule has 2 aromatic carbocycles. The van der Waals surface area contributed by atoms with Gasteiger partial charge in [0, 0.05) is 36.4 Å². The number of pyridine rings is 1. The number of methoxy groups -OCH3 is 1. The minimum absolute atomic E-state index is 0.106. The maximum absolute atomic E-state index is 10.0. The first-order chi connectivity index (χ1) is 16.3. The van der Waals surface area contributed by atoms with Gasteiger partial charge in [0.2, 0.25) is 0 Å². The molecule has 4 N–H and O–H groups in total. The molecule has 2 aromatic heterocycles. The number of rotatable bonds is 10. The van der Waals surface area contributed by atoms with Crippen molar-refractivity contribution in [3.05, 3.63) is 66.6 Å². The van der Waals surface area contributed by atoms with Crippen molar-refractivity contribution in [3.63, 3.8) is 0 Å². The van der Waals surface area contributed by atoms with Gasteiger partial charge in [-0.2, -0.15) is 5.10 Å². The van der Waals surface area contributed by atoms with Crippen molar-refractivity contribution in [1.82, 2.24) is 20.1 Å². The fourth-order valence-electron chi connectivity index (χ4n) is 3.78. The molecule has 0 bridgehead atoms. The zero-order valence-corrected chi connectivity index (χ0v) is 19.7. The van der Waals surface area contributed by atoms with Gasteiger partial charge in [0.05, 0.1) is 37.7 Å². The van der Waals surface area contributed by atoms with E-state index in [0.29, 0.717) is 25.5 Å². The van der Waals surface area contributed by atoms with Crippen LogP contribution in [0.25, 0.3) is 21.9 Å². The second-order valence-corrected chi connectivity index (χ2v) is 8.93. The Kier molecular flexibility index (Phi) is 7.12. The predicted molar refractivity (Wildman–Crippen MR) is 134 cm³/mol. The molecule has 0 saturated carbocycles. The van der Waals surface area contributed by atoms with Crippen molar-refractivity contribution in [2.24, 2.45) is 0 Å². The second kappa shape index (κ2) is 10.2. The highest BCUT2D eigenvalue weighted by molar-refractivity contribution is 5.89. The van der Waals surface area contributed by atoms with Crippen molar-refractivity contribution < 1.29 is 14.9 Å². The van der Waals surface area contributed by atoms with E-state index in [9.17, 15) is 5.11 Å². The molecule has 0 atom stereocenters. The Labute approximate surface area is 199 Å². The molecule has 34 heavy (non-hydrogen) atoms. The molecular formula is C26H31N5O3. The van der Waals surface area contributed by atoms with Crippen LogP contribution in [0.2, 0.25) is 0 Å². The van der Waals surface area contributed by atoms with Crippen molar-refractivity contribution in [2.45, 2.75) is 32.5 Å². The van der Waals surface area contributed by atoms with Gasteiger partial charge in [-0.1, -0.05) is 18.2 Å². The van der Waals surface area contributed by atoms with Crippen molar-refractivity contribution in [1.29, 1.82) is 0 Å². The highest BCUT2D eigenvalue weighted by Crippen LogP contribution is 2.30. The van der Waals surface area contributed by atoms with Crippen LogP contribution >= 0.6 is 0 Å². The highest BCUT2D eigenvalue weighted by atomic mass is 16.5. The molecule has 0 unspecified atom stereocenters. The van der Waals surface area contributed by atoms with Crippen molar-refractivity contribution >= 4 is 22.3 Å². The molecule has 178 valence electrons. The molecular weight excluding hydrogens is 430 g/mol. The minimum Gasteiger partial charge on any atom is -0.495 e. The summed E-state index contributed by atoms with van der Waals surface area (Å²) in [6, 6.07) is 14.2. The number of hydrogen-bond acceptors (Lipinski definition) is 7. The summed E-state index contributed by atoms with van der Waals surface area (Å²) in [5.41, 5.74) is 3.10. The number of benzene rings is 2. The molecule has 0 saturated heterocycles. The number of ether oxygens (including phenoxy) is 1. The van der Waals surface area contributed by atoms with E-state index in [-0.39, 0.29) is 6.61 Å². The Morgan fingerprint density at radius 3 is 2.65 bits per heavy atom. The zero-order chi connectivity index (χ0) is 24.1. The number of hydrogen-bond donors (Lipinski definition) is 4. The number of nitrogens with zero attached hydrogens (tertiary/aromatic N) is 3. The Bertz CT molecular complexity index is 1260. The molecule has 4 aromatic rings. The van der Waals surface area contributed by atoms with E-state index in [1.807, 2.05) is 48.9 Å². The number of aliphatic hydroxyl groups excluding tert-OH is 1. The number of anilines is 2.